The molecule has 2 fully saturated rings. The Morgan fingerprint density at radius 1 is 0.808 bits per heavy atom. The van der Waals surface area contributed by atoms with Gasteiger partial charge in [-0.1, -0.05) is 68.4 Å². The first-order valence-electron chi connectivity index (χ1n) is 10.5. The maximum Gasteiger partial charge on any atom is 0.303 e. The average molecular weight is 357 g/mol. The molecule has 0 aromatic heterocycles. The number of carboxylic acids is 1. The van der Waals surface area contributed by atoms with Gasteiger partial charge in [-0.05, 0) is 57.8 Å². The van der Waals surface area contributed by atoms with Crippen molar-refractivity contribution < 1.29 is 9.90 Å². The van der Waals surface area contributed by atoms with Crippen LogP contribution in [-0.4, -0.2) is 11.1 Å². The Bertz CT molecular complexity index is 543. The molecule has 0 spiro atoms. The lowest BCUT2D eigenvalue weighted by Gasteiger charge is -2.03. The maximum absolute atomic E-state index is 10.5. The Morgan fingerprint density at radius 3 is 1.77 bits per heavy atom. The van der Waals surface area contributed by atoms with Crippen molar-refractivity contribution in [2.45, 2.75) is 84.0 Å². The zero-order valence-corrected chi connectivity index (χ0v) is 16.5. The highest BCUT2D eigenvalue weighted by Crippen LogP contribution is 2.49. The molecule has 0 bridgehead atoms. The number of carboxylic acid groups (broad SMARTS) is 1. The third kappa shape index (κ3) is 8.21. The molecule has 2 heteroatoms. The summed E-state index contributed by atoms with van der Waals surface area (Å²) in [7, 11) is 0. The molecule has 2 aliphatic carbocycles. The molecule has 0 heterocycles. The minimum atomic E-state index is -0.699. The van der Waals surface area contributed by atoms with Crippen molar-refractivity contribution >= 4 is 5.97 Å². The zero-order chi connectivity index (χ0) is 18.7. The Labute approximate surface area is 159 Å². The smallest absolute Gasteiger partial charge is 0.303 e. The molecular weight excluding hydrogens is 320 g/mol. The minimum absolute atomic E-state index is 0.271. The molecule has 2 rings (SSSR count). The average Bonchev–Trinajstić information content (AvgIpc) is 3.52. The van der Waals surface area contributed by atoms with Crippen molar-refractivity contribution in [3.05, 3.63) is 48.6 Å². The van der Waals surface area contributed by atoms with E-state index in [1.165, 1.54) is 51.4 Å². The van der Waals surface area contributed by atoms with E-state index in [0.29, 0.717) is 5.41 Å². The van der Waals surface area contributed by atoms with Gasteiger partial charge < -0.3 is 5.11 Å². The van der Waals surface area contributed by atoms with Gasteiger partial charge in [0.25, 0.3) is 0 Å². The van der Waals surface area contributed by atoms with Crippen LogP contribution < -0.4 is 0 Å². The fourth-order valence-electron chi connectivity index (χ4n) is 3.27. The summed E-state index contributed by atoms with van der Waals surface area (Å²) in [5, 5.41) is 8.65. The molecule has 0 atom stereocenters. The van der Waals surface area contributed by atoms with E-state index in [4.69, 9.17) is 5.11 Å². The molecule has 0 saturated heterocycles. The van der Waals surface area contributed by atoms with Gasteiger partial charge >= 0.3 is 5.97 Å². The summed E-state index contributed by atoms with van der Waals surface area (Å²) in [5.41, 5.74) is 0.648. The standard InChI is InChI=1S/C24H36O2/c1-2-3-4-5-9-14-23(18-19-23)16-11-7-12-17-24(20-21-24)15-10-6-8-13-22(25)26/h9-12,14-17H,2-8,13,18-21H2,1H3,(H,25,26). The Morgan fingerprint density at radius 2 is 1.31 bits per heavy atom. The van der Waals surface area contributed by atoms with Crippen LogP contribution in [0.5, 0.6) is 0 Å². The molecule has 0 aromatic rings. The lowest BCUT2D eigenvalue weighted by Crippen LogP contribution is -1.93. The molecule has 2 aliphatic rings. The number of carbonyl (C=O) groups is 1. The van der Waals surface area contributed by atoms with Crippen molar-refractivity contribution in [3.8, 4) is 0 Å². The molecule has 144 valence electrons. The fourth-order valence-corrected chi connectivity index (χ4v) is 3.27. The third-order valence-corrected chi connectivity index (χ3v) is 5.46. The Kier molecular flexibility index (Phi) is 8.41. The number of hydrogen-bond donors (Lipinski definition) is 1. The van der Waals surface area contributed by atoms with E-state index in [1.54, 1.807) is 0 Å². The molecule has 0 aliphatic heterocycles. The molecular formula is C24H36O2. The van der Waals surface area contributed by atoms with Crippen LogP contribution >= 0.6 is 0 Å². The highest BCUT2D eigenvalue weighted by Gasteiger charge is 2.37. The van der Waals surface area contributed by atoms with Gasteiger partial charge in [-0.15, -0.1) is 0 Å². The van der Waals surface area contributed by atoms with Crippen LogP contribution in [0, 0.1) is 10.8 Å². The van der Waals surface area contributed by atoms with Gasteiger partial charge in [0.05, 0.1) is 0 Å². The second-order valence-corrected chi connectivity index (χ2v) is 8.09. The van der Waals surface area contributed by atoms with Gasteiger partial charge in [-0.25, -0.2) is 0 Å². The van der Waals surface area contributed by atoms with Crippen molar-refractivity contribution in [1.82, 2.24) is 0 Å². The van der Waals surface area contributed by atoms with Crippen molar-refractivity contribution in [1.29, 1.82) is 0 Å². The van der Waals surface area contributed by atoms with Crippen molar-refractivity contribution in [2.75, 3.05) is 0 Å². The van der Waals surface area contributed by atoms with E-state index in [-0.39, 0.29) is 11.8 Å². The summed E-state index contributed by atoms with van der Waals surface area (Å²) in [6.07, 6.45) is 31.8. The first-order chi connectivity index (χ1) is 12.6. The fraction of sp³-hybridized carbons (Fsp3) is 0.625. The lowest BCUT2D eigenvalue weighted by molar-refractivity contribution is -0.137. The summed E-state index contributed by atoms with van der Waals surface area (Å²) in [5.74, 6) is -0.699. The van der Waals surface area contributed by atoms with Crippen LogP contribution in [0.2, 0.25) is 0 Å². The van der Waals surface area contributed by atoms with Gasteiger partial charge in [0.2, 0.25) is 0 Å². The molecule has 0 amide bonds. The summed E-state index contributed by atoms with van der Waals surface area (Å²) >= 11 is 0. The predicted molar refractivity (Wildman–Crippen MR) is 110 cm³/mol. The summed E-state index contributed by atoms with van der Waals surface area (Å²) in [6.45, 7) is 2.25. The van der Waals surface area contributed by atoms with Crippen LogP contribution in [0.25, 0.3) is 0 Å². The molecule has 0 radical (unpaired) electrons. The second-order valence-electron chi connectivity index (χ2n) is 8.09. The van der Waals surface area contributed by atoms with Crippen LogP contribution in [0.3, 0.4) is 0 Å². The molecule has 2 saturated carbocycles. The van der Waals surface area contributed by atoms with Crippen LogP contribution in [0.1, 0.15) is 84.0 Å². The third-order valence-electron chi connectivity index (χ3n) is 5.46. The lowest BCUT2D eigenvalue weighted by atomic mass is 10.0. The summed E-state index contributed by atoms with van der Waals surface area (Å²) < 4.78 is 0. The highest BCUT2D eigenvalue weighted by molar-refractivity contribution is 5.66. The first kappa shape index (κ1) is 20.7. The van der Waals surface area contributed by atoms with Gasteiger partial charge in [-0.3, -0.25) is 4.79 Å². The van der Waals surface area contributed by atoms with Crippen molar-refractivity contribution in [2.24, 2.45) is 10.8 Å². The summed E-state index contributed by atoms with van der Waals surface area (Å²) in [4.78, 5) is 10.5. The Hall–Kier alpha value is -1.57. The van der Waals surface area contributed by atoms with Crippen LogP contribution in [-0.2, 0) is 4.79 Å². The first-order valence-corrected chi connectivity index (χ1v) is 10.5. The molecule has 1 N–H and O–H groups in total. The number of rotatable bonds is 14. The summed E-state index contributed by atoms with van der Waals surface area (Å²) in [6, 6.07) is 0. The van der Waals surface area contributed by atoms with Crippen molar-refractivity contribution in [3.63, 3.8) is 0 Å². The molecule has 2 nitrogen and oxygen atoms in total. The zero-order valence-electron chi connectivity index (χ0n) is 16.5. The monoisotopic (exact) mass is 356 g/mol. The van der Waals surface area contributed by atoms with E-state index in [2.05, 4.69) is 55.5 Å². The number of aliphatic carboxylic acids is 1. The van der Waals surface area contributed by atoms with E-state index in [9.17, 15) is 4.79 Å². The van der Waals surface area contributed by atoms with Gasteiger partial charge in [0.15, 0.2) is 0 Å². The van der Waals surface area contributed by atoms with E-state index < -0.39 is 5.97 Å². The van der Waals surface area contributed by atoms with E-state index in [0.717, 1.165) is 19.3 Å². The highest BCUT2D eigenvalue weighted by atomic mass is 16.4. The number of unbranched alkanes of at least 4 members (excludes halogenated alkanes) is 4. The van der Waals surface area contributed by atoms with E-state index >= 15 is 0 Å². The minimum Gasteiger partial charge on any atom is -0.481 e. The van der Waals surface area contributed by atoms with E-state index in [1.807, 2.05) is 0 Å². The van der Waals surface area contributed by atoms with Crippen LogP contribution in [0.4, 0.5) is 0 Å². The van der Waals surface area contributed by atoms with Gasteiger partial charge in [0, 0.05) is 17.3 Å². The van der Waals surface area contributed by atoms with Gasteiger partial charge in [0.1, 0.15) is 0 Å². The van der Waals surface area contributed by atoms with Crippen LogP contribution in [0.15, 0.2) is 48.6 Å². The largest absolute Gasteiger partial charge is 0.481 e. The maximum atomic E-state index is 10.5. The normalized spacial score (nSPS) is 20.7. The molecule has 0 unspecified atom stereocenters. The van der Waals surface area contributed by atoms with Gasteiger partial charge in [-0.2, -0.15) is 0 Å². The number of allylic oxidation sites excluding steroid dienone is 8. The quantitative estimate of drug-likeness (QED) is 0.269. The second kappa shape index (κ2) is 10.5. The number of hydrogen-bond acceptors (Lipinski definition) is 1. The molecule has 0 aromatic carbocycles. The SMILES string of the molecule is CCCCCC=CC1(C=CCC=CC2(C=CCCCC(=O)O)CC2)CC1. The predicted octanol–water partition coefficient (Wildman–Crippen LogP) is 7.00. The topological polar surface area (TPSA) is 37.3 Å². The Balaban J connectivity index is 1.64. The molecule has 26 heavy (non-hydrogen) atoms.